The topological polar surface area (TPSA) is 83.4 Å². The number of alkyl halides is 1. The monoisotopic (exact) mass is 361 g/mol. The van der Waals surface area contributed by atoms with Crippen molar-refractivity contribution in [2.75, 3.05) is 26.1 Å². The van der Waals surface area contributed by atoms with Gasteiger partial charge in [0, 0.05) is 31.5 Å². The molecule has 1 saturated carbocycles. The second-order valence-electron chi connectivity index (χ2n) is 6.98. The molecule has 1 aliphatic carbocycles. The van der Waals surface area contributed by atoms with Crippen molar-refractivity contribution in [2.45, 2.75) is 37.6 Å². The maximum absolute atomic E-state index is 14.2. The Morgan fingerprint density at radius 1 is 1.35 bits per heavy atom. The summed E-state index contributed by atoms with van der Waals surface area (Å²) < 4.78 is 24.5. The number of piperidine rings is 1. The summed E-state index contributed by atoms with van der Waals surface area (Å²) in [5.74, 6) is 0.399. The molecule has 3 rings (SSSR count). The van der Waals surface area contributed by atoms with E-state index in [4.69, 9.17) is 14.7 Å². The van der Waals surface area contributed by atoms with Crippen LogP contribution in [0, 0.1) is 23.2 Å². The average Bonchev–Trinajstić information content (AvgIpc) is 2.66. The summed E-state index contributed by atoms with van der Waals surface area (Å²) >= 11 is 0. The number of hydrogen-bond acceptors (Lipinski definition) is 5. The number of amides is 1. The largest absolute Gasteiger partial charge is 0.495 e. The van der Waals surface area contributed by atoms with Crippen molar-refractivity contribution in [1.82, 2.24) is 5.32 Å². The van der Waals surface area contributed by atoms with Crippen LogP contribution in [0.25, 0.3) is 0 Å². The number of nitrogens with zero attached hydrogens (tertiary/aromatic N) is 1. The van der Waals surface area contributed by atoms with E-state index in [0.29, 0.717) is 37.1 Å². The van der Waals surface area contributed by atoms with Crippen LogP contribution in [0.1, 0.15) is 24.8 Å². The first-order chi connectivity index (χ1) is 12.5. The first kappa shape index (κ1) is 18.5. The van der Waals surface area contributed by atoms with Crippen LogP contribution in [0.15, 0.2) is 18.2 Å². The second kappa shape index (κ2) is 7.92. The minimum Gasteiger partial charge on any atom is -0.495 e. The molecule has 26 heavy (non-hydrogen) atoms. The number of fused-ring (bicyclic) bond motifs is 1. The van der Waals surface area contributed by atoms with Crippen LogP contribution in [-0.4, -0.2) is 45.0 Å². The van der Waals surface area contributed by atoms with Gasteiger partial charge in [0.15, 0.2) is 0 Å². The highest BCUT2D eigenvalue weighted by Gasteiger charge is 2.43. The van der Waals surface area contributed by atoms with Gasteiger partial charge in [-0.2, -0.15) is 5.26 Å². The molecule has 7 heteroatoms. The number of nitriles is 1. The lowest BCUT2D eigenvalue weighted by Gasteiger charge is -2.43. The van der Waals surface area contributed by atoms with Gasteiger partial charge in [-0.05, 0) is 37.3 Å². The fourth-order valence-corrected chi connectivity index (χ4v) is 3.96. The molecular formula is C19H24FN3O3. The predicted octanol–water partition coefficient (Wildman–Crippen LogP) is 2.25. The molecule has 1 heterocycles. The lowest BCUT2D eigenvalue weighted by molar-refractivity contribution is -0.131. The summed E-state index contributed by atoms with van der Waals surface area (Å²) in [5.41, 5.74) is 1.24. The van der Waals surface area contributed by atoms with E-state index in [1.165, 1.54) is 14.2 Å². The minimum atomic E-state index is -0.979. The maximum Gasteiger partial charge on any atom is 0.225 e. The summed E-state index contributed by atoms with van der Waals surface area (Å²) in [5, 5.41) is 15.3. The van der Waals surface area contributed by atoms with Gasteiger partial charge in [0.2, 0.25) is 5.91 Å². The van der Waals surface area contributed by atoms with Gasteiger partial charge in [-0.1, -0.05) is 0 Å². The zero-order chi connectivity index (χ0) is 18.7. The summed E-state index contributed by atoms with van der Waals surface area (Å²) in [4.78, 5) is 12.4. The third kappa shape index (κ3) is 3.75. The third-order valence-electron chi connectivity index (χ3n) is 5.45. The van der Waals surface area contributed by atoms with Crippen LogP contribution in [0.3, 0.4) is 0 Å². The number of carbonyl (C=O) groups is 1. The van der Waals surface area contributed by atoms with Gasteiger partial charge in [-0.25, -0.2) is 4.39 Å². The van der Waals surface area contributed by atoms with Gasteiger partial charge in [-0.15, -0.1) is 0 Å². The molecule has 5 unspecified atom stereocenters. The van der Waals surface area contributed by atoms with Crippen molar-refractivity contribution >= 4 is 11.6 Å². The zero-order valence-corrected chi connectivity index (χ0v) is 15.0. The van der Waals surface area contributed by atoms with E-state index >= 15 is 0 Å². The number of rotatable bonds is 5. The molecule has 140 valence electrons. The Kier molecular flexibility index (Phi) is 5.62. The fraction of sp³-hybridized carbons (Fsp3) is 0.579. The number of nitrogens with one attached hydrogen (secondary N) is 2. The van der Waals surface area contributed by atoms with Crippen LogP contribution >= 0.6 is 0 Å². The number of carbonyl (C=O) groups excluding carboxylic acids is 1. The summed E-state index contributed by atoms with van der Waals surface area (Å²) in [6, 6.07) is 7.26. The van der Waals surface area contributed by atoms with Gasteiger partial charge in [-0.3, -0.25) is 4.79 Å². The summed E-state index contributed by atoms with van der Waals surface area (Å²) in [6.07, 6.45) is 0.199. The molecule has 1 saturated heterocycles. The Morgan fingerprint density at radius 2 is 2.15 bits per heavy atom. The third-order valence-corrected chi connectivity index (χ3v) is 5.45. The molecule has 1 aromatic carbocycles. The van der Waals surface area contributed by atoms with Crippen LogP contribution in [-0.2, 0) is 9.53 Å². The second-order valence-corrected chi connectivity index (χ2v) is 6.98. The normalized spacial score (nSPS) is 30.7. The van der Waals surface area contributed by atoms with E-state index in [-0.39, 0.29) is 23.8 Å². The number of methoxy groups -OCH3 is 2. The first-order valence-electron chi connectivity index (χ1n) is 8.85. The van der Waals surface area contributed by atoms with Crippen LogP contribution in [0.4, 0.5) is 10.1 Å². The molecular weight excluding hydrogens is 337 g/mol. The van der Waals surface area contributed by atoms with Gasteiger partial charge in [0.05, 0.1) is 24.7 Å². The quantitative estimate of drug-likeness (QED) is 0.840. The Labute approximate surface area is 152 Å². The van der Waals surface area contributed by atoms with Crippen LogP contribution in [0.2, 0.25) is 0 Å². The smallest absolute Gasteiger partial charge is 0.225 e. The van der Waals surface area contributed by atoms with E-state index < -0.39 is 12.3 Å². The molecule has 1 aliphatic heterocycles. The van der Waals surface area contributed by atoms with Crippen LogP contribution in [0.5, 0.6) is 5.75 Å². The SMILES string of the molecule is COc1cc(NCC2CC3CC(F)C(OC)CC3NC2=O)ccc1C#N. The average molecular weight is 361 g/mol. The fourth-order valence-electron chi connectivity index (χ4n) is 3.96. The summed E-state index contributed by atoms with van der Waals surface area (Å²) in [6.45, 7) is 0.453. The van der Waals surface area contributed by atoms with E-state index in [1.54, 1.807) is 18.2 Å². The minimum absolute atomic E-state index is 0.00785. The summed E-state index contributed by atoms with van der Waals surface area (Å²) in [7, 11) is 3.03. The number of ether oxygens (including phenoxy) is 2. The van der Waals surface area contributed by atoms with E-state index in [0.717, 1.165) is 5.69 Å². The van der Waals surface area contributed by atoms with Gasteiger partial charge < -0.3 is 20.1 Å². The molecule has 0 spiro atoms. The number of benzene rings is 1. The Balaban J connectivity index is 1.61. The van der Waals surface area contributed by atoms with Crippen LogP contribution < -0.4 is 15.4 Å². The predicted molar refractivity (Wildman–Crippen MR) is 94.7 cm³/mol. The number of hydrogen-bond donors (Lipinski definition) is 2. The molecule has 6 nitrogen and oxygen atoms in total. The van der Waals surface area contributed by atoms with E-state index in [1.807, 2.05) is 0 Å². The Bertz CT molecular complexity index is 706. The highest BCUT2D eigenvalue weighted by molar-refractivity contribution is 5.80. The molecule has 2 aliphatic rings. The first-order valence-corrected chi connectivity index (χ1v) is 8.85. The molecule has 5 atom stereocenters. The molecule has 2 fully saturated rings. The van der Waals surface area contributed by atoms with Crippen molar-refractivity contribution in [2.24, 2.45) is 11.8 Å². The highest BCUT2D eigenvalue weighted by atomic mass is 19.1. The van der Waals surface area contributed by atoms with E-state index in [2.05, 4.69) is 16.7 Å². The van der Waals surface area contributed by atoms with Crippen molar-refractivity contribution in [1.29, 1.82) is 5.26 Å². The molecule has 2 N–H and O–H groups in total. The standard InChI is InChI=1S/C19H24FN3O3/c1-25-17-7-14(4-3-11(17)9-21)22-10-13-5-12-6-15(20)18(26-2)8-16(12)23-19(13)24/h3-4,7,12-13,15-16,18,22H,5-6,8,10H2,1-2H3,(H,23,24). The number of halogens is 1. The lowest BCUT2D eigenvalue weighted by atomic mass is 9.74. The molecule has 0 aromatic heterocycles. The highest BCUT2D eigenvalue weighted by Crippen LogP contribution is 2.36. The lowest BCUT2D eigenvalue weighted by Crippen LogP contribution is -2.56. The molecule has 1 aromatic rings. The van der Waals surface area contributed by atoms with Crippen molar-refractivity contribution in [3.8, 4) is 11.8 Å². The number of anilines is 1. The van der Waals surface area contributed by atoms with Gasteiger partial charge in [0.1, 0.15) is 18.0 Å². The van der Waals surface area contributed by atoms with Crippen molar-refractivity contribution in [3.63, 3.8) is 0 Å². The Morgan fingerprint density at radius 3 is 2.85 bits per heavy atom. The molecule has 0 bridgehead atoms. The Hall–Kier alpha value is -2.33. The van der Waals surface area contributed by atoms with Gasteiger partial charge >= 0.3 is 0 Å². The molecule has 1 amide bonds. The van der Waals surface area contributed by atoms with Gasteiger partial charge in [0.25, 0.3) is 0 Å². The van der Waals surface area contributed by atoms with Crippen molar-refractivity contribution < 1.29 is 18.7 Å². The molecule has 0 radical (unpaired) electrons. The zero-order valence-electron chi connectivity index (χ0n) is 15.0. The van der Waals surface area contributed by atoms with Crippen molar-refractivity contribution in [3.05, 3.63) is 23.8 Å². The maximum atomic E-state index is 14.2. The van der Waals surface area contributed by atoms with E-state index in [9.17, 15) is 9.18 Å².